The third-order valence-electron chi connectivity index (χ3n) is 18.0. The van der Waals surface area contributed by atoms with Gasteiger partial charge in [0.2, 0.25) is 0 Å². The number of fused-ring (bicyclic) bond motifs is 4. The largest absolute Gasteiger partial charge is 0.493 e. The van der Waals surface area contributed by atoms with E-state index in [4.69, 9.17) is 40.5 Å². The molecule has 0 spiro atoms. The predicted molar refractivity (Wildman–Crippen MR) is 315 cm³/mol. The maximum atomic E-state index is 14.7. The summed E-state index contributed by atoms with van der Waals surface area (Å²) in [7, 11) is 3.48. The number of hydrogen-bond donors (Lipinski definition) is 2. The first-order chi connectivity index (χ1) is 38.4. The maximum Gasteiger partial charge on any atom is 0.163 e. The molecule has 6 heterocycles. The van der Waals surface area contributed by atoms with E-state index in [2.05, 4.69) is 72.7 Å². The van der Waals surface area contributed by atoms with Crippen LogP contribution in [0.15, 0.2) is 66.7 Å². The molecular weight excluding hydrogens is 999 g/mol. The molecule has 6 aliphatic rings. The Kier molecular flexibility index (Phi) is 16.5. The number of pyridine rings is 2. The van der Waals surface area contributed by atoms with E-state index >= 15 is 0 Å². The molecule has 2 aromatic heterocycles. The van der Waals surface area contributed by atoms with Crippen molar-refractivity contribution in [2.24, 2.45) is 0 Å². The fraction of sp³-hybridized carbons (Fsp3) is 0.531. The van der Waals surface area contributed by atoms with Gasteiger partial charge in [-0.3, -0.25) is 9.97 Å². The van der Waals surface area contributed by atoms with Crippen molar-refractivity contribution in [3.63, 3.8) is 0 Å². The number of likely N-dealkylation sites (tertiary alicyclic amines) is 2. The molecule has 0 radical (unpaired) electrons. The second-order valence-electron chi connectivity index (χ2n) is 23.0. The molecule has 78 heavy (non-hydrogen) atoms. The number of nitrogens with zero attached hydrogens (tertiary/aromatic N) is 6. The first-order valence-electron chi connectivity index (χ1n) is 29.7. The molecule has 0 bridgehead atoms. The number of hydrogen-bond acceptors (Lipinski definition) is 12. The number of halogens is 2. The van der Waals surface area contributed by atoms with Gasteiger partial charge in [0, 0.05) is 104 Å². The number of anilines is 4. The minimum Gasteiger partial charge on any atom is -0.493 e. The van der Waals surface area contributed by atoms with Crippen LogP contribution in [0.4, 0.5) is 27.1 Å². The number of aryl methyl sites for hydroxylation is 2. The summed E-state index contributed by atoms with van der Waals surface area (Å²) in [5, 5.41) is 11.2. The molecule has 0 saturated carbocycles. The molecule has 4 fully saturated rings. The molecule has 14 heteroatoms. The molecule has 4 aromatic carbocycles. The van der Waals surface area contributed by atoms with Crippen molar-refractivity contribution >= 4 is 56.2 Å². The zero-order valence-corrected chi connectivity index (χ0v) is 46.9. The van der Waals surface area contributed by atoms with Gasteiger partial charge < -0.3 is 49.2 Å². The Hall–Kier alpha value is -5.76. The smallest absolute Gasteiger partial charge is 0.163 e. The Bertz CT molecular complexity index is 3060. The van der Waals surface area contributed by atoms with E-state index in [1.807, 2.05) is 12.1 Å². The molecule has 12 rings (SSSR count). The lowest BCUT2D eigenvalue weighted by atomic mass is 9.96. The van der Waals surface area contributed by atoms with E-state index < -0.39 is 0 Å². The molecule has 4 saturated heterocycles. The van der Waals surface area contributed by atoms with E-state index in [1.165, 1.54) is 71.8 Å². The summed E-state index contributed by atoms with van der Waals surface area (Å²) >= 11 is 7.42. The average Bonchev–Trinajstić information content (AvgIpc) is 4.26. The zero-order valence-electron chi connectivity index (χ0n) is 46.2. The highest BCUT2D eigenvalue weighted by Gasteiger charge is 2.31. The number of methoxy groups -OCH3 is 2. The first kappa shape index (κ1) is 52.9. The van der Waals surface area contributed by atoms with Gasteiger partial charge in [-0.05, 0) is 175 Å². The van der Waals surface area contributed by atoms with Gasteiger partial charge in [-0.2, -0.15) is 0 Å². The zero-order chi connectivity index (χ0) is 53.0. The molecule has 2 aliphatic carbocycles. The molecule has 6 aromatic rings. The van der Waals surface area contributed by atoms with Crippen LogP contribution in [0, 0.1) is 5.82 Å². The van der Waals surface area contributed by atoms with E-state index in [9.17, 15) is 4.39 Å². The van der Waals surface area contributed by atoms with Gasteiger partial charge in [0.25, 0.3) is 0 Å². The Morgan fingerprint density at radius 2 is 1.12 bits per heavy atom. The quantitative estimate of drug-likeness (QED) is 0.0597. The SMILES string of the molecule is COc1cc2c(NC3CCN(c4cccc(C5CCN(CCCOc6cc7nc8c(c(NC9CCN(c%10ccccc%10F)CC9)c7cc6OC)CCCCC8)C5)c4Cl)CC3)c3c(nc2cc1OCCCN1CCCC1)CCC3. The lowest BCUT2D eigenvalue weighted by Gasteiger charge is -2.36. The lowest BCUT2D eigenvalue weighted by molar-refractivity contribution is 0.253. The fourth-order valence-electron chi connectivity index (χ4n) is 13.7. The third-order valence-corrected chi connectivity index (χ3v) is 18.4. The summed E-state index contributed by atoms with van der Waals surface area (Å²) < 4.78 is 39.6. The van der Waals surface area contributed by atoms with Gasteiger partial charge in [-0.15, -0.1) is 0 Å². The van der Waals surface area contributed by atoms with Crippen LogP contribution in [0.3, 0.4) is 0 Å². The average molecular weight is 1080 g/mol. The number of nitrogens with one attached hydrogen (secondary N) is 2. The maximum absolute atomic E-state index is 14.7. The van der Waals surface area contributed by atoms with E-state index in [1.54, 1.807) is 26.4 Å². The van der Waals surface area contributed by atoms with E-state index in [0.717, 1.165) is 198 Å². The standard InChI is InChI=1S/C64H80ClFN8O4/c1-75-58-38-49-54(69-52-18-5-3-4-14-47(52)63(49)67-44-23-32-73(33-24-44)56-20-7-6-17-51(56)66)40-61(58)78-37-13-30-72-31-22-43(42-72)46-15-11-21-57(62(46)65)74-34-25-45(26-35-74)68-64-48-16-10-19-53(48)70-55-41-60(59(76-2)39-50(55)64)77-36-12-29-71-27-8-9-28-71/h6-7,11,15,17,20-21,38-41,43-45H,3-5,8-10,12-14,16,18-19,22-37,42H2,1-2H3,(H,67,69)(H,68,70). The van der Waals surface area contributed by atoms with Crippen LogP contribution in [-0.2, 0) is 25.7 Å². The van der Waals surface area contributed by atoms with Crippen molar-refractivity contribution in [1.29, 1.82) is 0 Å². The van der Waals surface area contributed by atoms with Crippen LogP contribution in [0.2, 0.25) is 5.02 Å². The molecule has 1 unspecified atom stereocenters. The van der Waals surface area contributed by atoms with Crippen LogP contribution >= 0.6 is 11.6 Å². The minimum atomic E-state index is -0.150. The molecule has 0 amide bonds. The van der Waals surface area contributed by atoms with Gasteiger partial charge in [-0.25, -0.2) is 4.39 Å². The second-order valence-corrected chi connectivity index (χ2v) is 23.3. The lowest BCUT2D eigenvalue weighted by Crippen LogP contribution is -2.39. The van der Waals surface area contributed by atoms with Crippen LogP contribution in [0.25, 0.3) is 21.8 Å². The Morgan fingerprint density at radius 3 is 1.73 bits per heavy atom. The molecule has 1 atom stereocenters. The number of aromatic nitrogens is 2. The van der Waals surface area contributed by atoms with Gasteiger partial charge >= 0.3 is 0 Å². The number of rotatable bonds is 19. The summed E-state index contributed by atoms with van der Waals surface area (Å²) in [6.45, 7) is 11.3. The molecule has 4 aliphatic heterocycles. The number of piperidine rings is 2. The highest BCUT2D eigenvalue weighted by atomic mass is 35.5. The predicted octanol–water partition coefficient (Wildman–Crippen LogP) is 12.6. The molecule has 12 nitrogen and oxygen atoms in total. The molecule has 2 N–H and O–H groups in total. The van der Waals surface area contributed by atoms with Gasteiger partial charge in [0.05, 0.1) is 54.9 Å². The van der Waals surface area contributed by atoms with Gasteiger partial charge in [-0.1, -0.05) is 42.3 Å². The highest BCUT2D eigenvalue weighted by molar-refractivity contribution is 6.34. The van der Waals surface area contributed by atoms with Crippen molar-refractivity contribution in [3.05, 3.63) is 106 Å². The van der Waals surface area contributed by atoms with Crippen LogP contribution in [-0.4, -0.2) is 125 Å². The second kappa shape index (κ2) is 24.3. The van der Waals surface area contributed by atoms with Gasteiger partial charge in [0.1, 0.15) is 5.82 Å². The topological polar surface area (TPSA) is 99.7 Å². The Labute approximate surface area is 466 Å². The third kappa shape index (κ3) is 11.5. The summed E-state index contributed by atoms with van der Waals surface area (Å²) in [4.78, 5) is 20.3. The van der Waals surface area contributed by atoms with Crippen LogP contribution in [0.1, 0.15) is 117 Å². The molecule has 414 valence electrons. The first-order valence-corrected chi connectivity index (χ1v) is 30.1. The van der Waals surface area contributed by atoms with Crippen molar-refractivity contribution in [2.75, 3.05) is 113 Å². The van der Waals surface area contributed by atoms with Crippen molar-refractivity contribution < 1.29 is 23.3 Å². The monoisotopic (exact) mass is 1080 g/mol. The molecular formula is C64H80ClFN8O4. The Morgan fingerprint density at radius 1 is 0.564 bits per heavy atom. The van der Waals surface area contributed by atoms with Crippen molar-refractivity contribution in [2.45, 2.75) is 127 Å². The van der Waals surface area contributed by atoms with E-state index in [-0.39, 0.29) is 11.9 Å². The van der Waals surface area contributed by atoms with Crippen molar-refractivity contribution in [3.8, 4) is 23.0 Å². The van der Waals surface area contributed by atoms with Crippen LogP contribution < -0.4 is 39.4 Å². The summed E-state index contributed by atoms with van der Waals surface area (Å²) in [5.74, 6) is 3.27. The van der Waals surface area contributed by atoms with Crippen LogP contribution in [0.5, 0.6) is 23.0 Å². The van der Waals surface area contributed by atoms with E-state index in [0.29, 0.717) is 30.9 Å². The fourth-order valence-corrected chi connectivity index (χ4v) is 14.1. The highest BCUT2D eigenvalue weighted by Crippen LogP contribution is 2.44. The minimum absolute atomic E-state index is 0.150. The number of ether oxygens (including phenoxy) is 4. The normalized spacial score (nSPS) is 19.6. The summed E-state index contributed by atoms with van der Waals surface area (Å²) in [6, 6.07) is 22.9. The van der Waals surface area contributed by atoms with Gasteiger partial charge in [0.15, 0.2) is 23.0 Å². The van der Waals surface area contributed by atoms with Crippen molar-refractivity contribution in [1.82, 2.24) is 19.8 Å². The number of benzene rings is 4. The number of para-hydroxylation sites is 1. The summed E-state index contributed by atoms with van der Waals surface area (Å²) in [6.07, 6.45) is 18.3. The Balaban J connectivity index is 0.649. The summed E-state index contributed by atoms with van der Waals surface area (Å²) in [5.41, 5.74) is 12.6.